The smallest absolute Gasteiger partial charge is 0.223 e. The molecule has 3 heterocycles. The van der Waals surface area contributed by atoms with Crippen molar-refractivity contribution in [2.24, 2.45) is 0 Å². The van der Waals surface area contributed by atoms with Gasteiger partial charge in [0.25, 0.3) is 0 Å². The van der Waals surface area contributed by atoms with Crippen LogP contribution in [-0.4, -0.2) is 38.7 Å². The fraction of sp³-hybridized carbons (Fsp3) is 0.562. The molecule has 0 spiro atoms. The first-order chi connectivity index (χ1) is 10.6. The molecule has 118 valence electrons. The second-order valence-corrected chi connectivity index (χ2v) is 5.87. The molecule has 1 atom stereocenters. The van der Waals surface area contributed by atoms with E-state index in [1.807, 2.05) is 35.6 Å². The van der Waals surface area contributed by atoms with E-state index in [1.165, 1.54) is 0 Å². The van der Waals surface area contributed by atoms with Crippen LogP contribution in [0.25, 0.3) is 0 Å². The Bertz CT molecular complexity index is 633. The van der Waals surface area contributed by atoms with E-state index in [0.717, 1.165) is 43.3 Å². The minimum Gasteiger partial charge on any atom is -0.469 e. The molecule has 2 aromatic heterocycles. The van der Waals surface area contributed by atoms with Crippen LogP contribution in [-0.2, 0) is 11.2 Å². The lowest BCUT2D eigenvalue weighted by atomic mass is 10.0. The Balaban J connectivity index is 1.60. The fourth-order valence-electron chi connectivity index (χ4n) is 3.11. The first kappa shape index (κ1) is 14.8. The van der Waals surface area contributed by atoms with E-state index in [2.05, 4.69) is 10.1 Å². The lowest BCUT2D eigenvalue weighted by Crippen LogP contribution is -2.41. The summed E-state index contributed by atoms with van der Waals surface area (Å²) in [5.74, 6) is 2.77. The predicted molar refractivity (Wildman–Crippen MR) is 81.4 cm³/mol. The van der Waals surface area contributed by atoms with Crippen molar-refractivity contribution in [3.8, 4) is 0 Å². The maximum Gasteiger partial charge on any atom is 0.223 e. The maximum absolute atomic E-state index is 12.4. The van der Waals surface area contributed by atoms with Crippen LogP contribution in [0.5, 0.6) is 0 Å². The molecular formula is C16H22N4O2. The second-order valence-electron chi connectivity index (χ2n) is 5.87. The first-order valence-electron chi connectivity index (χ1n) is 7.83. The topological polar surface area (TPSA) is 64.2 Å². The highest BCUT2D eigenvalue weighted by molar-refractivity contribution is 5.76. The number of aromatic nitrogens is 3. The maximum atomic E-state index is 12.4. The highest BCUT2D eigenvalue weighted by Crippen LogP contribution is 2.22. The van der Waals surface area contributed by atoms with Crippen molar-refractivity contribution in [2.45, 2.75) is 45.6 Å². The van der Waals surface area contributed by atoms with Crippen molar-refractivity contribution < 1.29 is 9.21 Å². The van der Waals surface area contributed by atoms with Crippen LogP contribution in [0, 0.1) is 13.8 Å². The third-order valence-corrected chi connectivity index (χ3v) is 4.17. The van der Waals surface area contributed by atoms with Crippen molar-refractivity contribution >= 4 is 5.91 Å². The highest BCUT2D eigenvalue weighted by atomic mass is 16.3. The number of nitrogens with zero attached hydrogens (tertiary/aromatic N) is 4. The number of hydrogen-bond donors (Lipinski definition) is 0. The molecular weight excluding hydrogens is 280 g/mol. The van der Waals surface area contributed by atoms with Gasteiger partial charge in [-0.15, -0.1) is 0 Å². The Morgan fingerprint density at radius 1 is 1.45 bits per heavy atom. The Morgan fingerprint density at radius 3 is 3.00 bits per heavy atom. The van der Waals surface area contributed by atoms with Crippen LogP contribution >= 0.6 is 0 Å². The van der Waals surface area contributed by atoms with Gasteiger partial charge in [-0.3, -0.25) is 4.79 Å². The average Bonchev–Trinajstić information content (AvgIpc) is 3.14. The Kier molecular flexibility index (Phi) is 4.27. The minimum atomic E-state index is 0.190. The van der Waals surface area contributed by atoms with Crippen molar-refractivity contribution in [2.75, 3.05) is 13.1 Å². The molecule has 0 bridgehead atoms. The molecule has 0 aliphatic carbocycles. The van der Waals surface area contributed by atoms with E-state index in [4.69, 9.17) is 4.42 Å². The zero-order chi connectivity index (χ0) is 15.5. The van der Waals surface area contributed by atoms with E-state index < -0.39 is 0 Å². The summed E-state index contributed by atoms with van der Waals surface area (Å²) in [6.07, 6.45) is 4.86. The molecule has 2 aromatic rings. The molecule has 1 aliphatic heterocycles. The summed E-state index contributed by atoms with van der Waals surface area (Å²) in [5, 5.41) is 4.47. The van der Waals surface area contributed by atoms with Crippen LogP contribution in [0.4, 0.5) is 0 Å². The lowest BCUT2D eigenvalue weighted by molar-refractivity contribution is -0.132. The molecule has 1 saturated heterocycles. The molecule has 6 nitrogen and oxygen atoms in total. The number of hydrogen-bond acceptors (Lipinski definition) is 4. The monoisotopic (exact) mass is 302 g/mol. The van der Waals surface area contributed by atoms with E-state index in [9.17, 15) is 4.79 Å². The van der Waals surface area contributed by atoms with Crippen molar-refractivity contribution in [3.63, 3.8) is 0 Å². The molecule has 0 N–H and O–H groups in total. The first-order valence-corrected chi connectivity index (χ1v) is 7.83. The van der Waals surface area contributed by atoms with E-state index in [1.54, 1.807) is 6.26 Å². The summed E-state index contributed by atoms with van der Waals surface area (Å²) in [4.78, 5) is 18.7. The third kappa shape index (κ3) is 3.21. The van der Waals surface area contributed by atoms with Gasteiger partial charge in [-0.2, -0.15) is 5.10 Å². The molecule has 1 unspecified atom stereocenters. The number of amides is 1. The molecule has 1 amide bonds. The van der Waals surface area contributed by atoms with Gasteiger partial charge in [-0.1, -0.05) is 0 Å². The molecule has 6 heteroatoms. The Morgan fingerprint density at radius 2 is 2.32 bits per heavy atom. The van der Waals surface area contributed by atoms with Crippen molar-refractivity contribution in [3.05, 3.63) is 35.8 Å². The SMILES string of the molecule is Cc1nc(C)n(C2CCCN(C(=O)CCc3ccco3)C2)n1. The summed E-state index contributed by atoms with van der Waals surface area (Å²) in [6, 6.07) is 4.00. The summed E-state index contributed by atoms with van der Waals surface area (Å²) >= 11 is 0. The summed E-state index contributed by atoms with van der Waals surface area (Å²) < 4.78 is 7.26. The zero-order valence-electron chi connectivity index (χ0n) is 13.2. The number of carbonyl (C=O) groups is 1. The van der Waals surface area contributed by atoms with E-state index >= 15 is 0 Å². The van der Waals surface area contributed by atoms with Gasteiger partial charge in [0.15, 0.2) is 0 Å². The van der Waals surface area contributed by atoms with Crippen LogP contribution in [0.15, 0.2) is 22.8 Å². The van der Waals surface area contributed by atoms with Gasteiger partial charge in [0.1, 0.15) is 17.4 Å². The highest BCUT2D eigenvalue weighted by Gasteiger charge is 2.26. The van der Waals surface area contributed by atoms with Gasteiger partial charge in [-0.25, -0.2) is 9.67 Å². The lowest BCUT2D eigenvalue weighted by Gasteiger charge is -2.33. The third-order valence-electron chi connectivity index (χ3n) is 4.17. The summed E-state index contributed by atoms with van der Waals surface area (Å²) in [7, 11) is 0. The molecule has 22 heavy (non-hydrogen) atoms. The van der Waals surface area contributed by atoms with Gasteiger partial charge in [0.05, 0.1) is 12.3 Å². The zero-order valence-corrected chi connectivity index (χ0v) is 13.2. The number of carbonyl (C=O) groups excluding carboxylic acids is 1. The number of rotatable bonds is 4. The Labute approximate surface area is 130 Å². The quantitative estimate of drug-likeness (QED) is 0.869. The largest absolute Gasteiger partial charge is 0.469 e. The molecule has 3 rings (SSSR count). The standard InChI is InChI=1S/C16H22N4O2/c1-12-17-13(2)20(18-12)14-5-3-9-19(11-14)16(21)8-7-15-6-4-10-22-15/h4,6,10,14H,3,5,7-9,11H2,1-2H3. The summed E-state index contributed by atoms with van der Waals surface area (Å²) in [6.45, 7) is 5.43. The van der Waals surface area contributed by atoms with Crippen molar-refractivity contribution in [1.29, 1.82) is 0 Å². The van der Waals surface area contributed by atoms with Gasteiger partial charge in [0, 0.05) is 25.9 Å². The van der Waals surface area contributed by atoms with Crippen LogP contribution < -0.4 is 0 Å². The van der Waals surface area contributed by atoms with E-state index in [-0.39, 0.29) is 11.9 Å². The number of likely N-dealkylation sites (tertiary alicyclic amines) is 1. The molecule has 0 saturated carbocycles. The van der Waals surface area contributed by atoms with Crippen LogP contribution in [0.1, 0.15) is 42.7 Å². The molecule has 0 radical (unpaired) electrons. The average molecular weight is 302 g/mol. The predicted octanol–water partition coefficient (Wildman–Crippen LogP) is 2.28. The molecule has 1 fully saturated rings. The normalized spacial score (nSPS) is 18.6. The van der Waals surface area contributed by atoms with Crippen LogP contribution in [0.3, 0.4) is 0 Å². The van der Waals surface area contributed by atoms with Gasteiger partial charge in [0.2, 0.25) is 5.91 Å². The minimum absolute atomic E-state index is 0.190. The molecule has 1 aliphatic rings. The van der Waals surface area contributed by atoms with Gasteiger partial charge >= 0.3 is 0 Å². The number of furan rings is 1. The Hall–Kier alpha value is -2.11. The second kappa shape index (κ2) is 6.34. The summed E-state index contributed by atoms with van der Waals surface area (Å²) in [5.41, 5.74) is 0. The van der Waals surface area contributed by atoms with Crippen molar-refractivity contribution in [1.82, 2.24) is 19.7 Å². The van der Waals surface area contributed by atoms with Gasteiger partial charge in [-0.05, 0) is 38.8 Å². The molecule has 0 aromatic carbocycles. The number of piperidine rings is 1. The number of aryl methyl sites for hydroxylation is 3. The van der Waals surface area contributed by atoms with Crippen LogP contribution in [0.2, 0.25) is 0 Å². The fourth-order valence-corrected chi connectivity index (χ4v) is 3.11. The van der Waals surface area contributed by atoms with E-state index in [0.29, 0.717) is 12.8 Å². The van der Waals surface area contributed by atoms with Gasteiger partial charge < -0.3 is 9.32 Å².